The van der Waals surface area contributed by atoms with E-state index in [4.69, 9.17) is 14.5 Å². The van der Waals surface area contributed by atoms with Crippen molar-refractivity contribution in [2.45, 2.75) is 84.7 Å². The number of imidazole rings is 1. The molecule has 3 heterocycles. The van der Waals surface area contributed by atoms with Gasteiger partial charge in [0, 0.05) is 19.1 Å². The van der Waals surface area contributed by atoms with Crippen LogP contribution in [-0.4, -0.2) is 42.2 Å². The fourth-order valence-electron chi connectivity index (χ4n) is 5.16. The molecule has 3 N–H and O–H groups in total. The van der Waals surface area contributed by atoms with Crippen molar-refractivity contribution < 1.29 is 4.52 Å². The number of anilines is 2. The van der Waals surface area contributed by atoms with Crippen LogP contribution in [0.15, 0.2) is 9.32 Å². The second kappa shape index (κ2) is 9.76. The monoisotopic (exact) mass is 468 g/mol. The summed E-state index contributed by atoms with van der Waals surface area (Å²) in [6.07, 6.45) is 9.76. The van der Waals surface area contributed by atoms with E-state index in [1.54, 1.807) is 0 Å². The van der Waals surface area contributed by atoms with E-state index in [0.29, 0.717) is 23.3 Å². The summed E-state index contributed by atoms with van der Waals surface area (Å²) in [6.45, 7) is 8.45. The molecule has 10 nitrogen and oxygen atoms in total. The Morgan fingerprint density at radius 2 is 1.94 bits per heavy atom. The lowest BCUT2D eigenvalue weighted by Gasteiger charge is -2.32. The van der Waals surface area contributed by atoms with Gasteiger partial charge in [-0.15, -0.1) is 0 Å². The number of aromatic nitrogens is 6. The minimum atomic E-state index is -0.626. The van der Waals surface area contributed by atoms with Crippen LogP contribution in [-0.2, 0) is 6.54 Å². The molecule has 2 aliphatic carbocycles. The zero-order valence-corrected chi connectivity index (χ0v) is 20.4. The van der Waals surface area contributed by atoms with E-state index in [1.165, 1.54) is 44.9 Å². The summed E-state index contributed by atoms with van der Waals surface area (Å²) in [5, 5.41) is 11.0. The third kappa shape index (κ3) is 4.67. The maximum atomic E-state index is 11.6. The van der Waals surface area contributed by atoms with Gasteiger partial charge in [0.05, 0.1) is 0 Å². The van der Waals surface area contributed by atoms with Crippen LogP contribution in [0.5, 0.6) is 0 Å². The van der Waals surface area contributed by atoms with Crippen LogP contribution < -0.4 is 16.4 Å². The topological polar surface area (TPSA) is 127 Å². The number of nitrogens with one attached hydrogen (secondary N) is 3. The van der Waals surface area contributed by atoms with Crippen LogP contribution in [0.1, 0.15) is 72.1 Å². The molecule has 1 atom stereocenters. The van der Waals surface area contributed by atoms with Gasteiger partial charge in [0.2, 0.25) is 17.6 Å². The lowest BCUT2D eigenvalue weighted by molar-refractivity contribution is 0.267. The molecule has 0 spiro atoms. The van der Waals surface area contributed by atoms with E-state index in [0.717, 1.165) is 42.7 Å². The summed E-state index contributed by atoms with van der Waals surface area (Å²) in [6, 6.07) is 0.280. The molecular formula is C24H36N8O2. The molecular weight excluding hydrogens is 432 g/mol. The number of hydrogen-bond acceptors (Lipinski definition) is 8. The molecule has 3 aromatic heterocycles. The predicted molar refractivity (Wildman–Crippen MR) is 132 cm³/mol. The molecule has 0 radical (unpaired) electrons. The molecule has 2 fully saturated rings. The number of aromatic amines is 1. The molecule has 2 saturated carbocycles. The van der Waals surface area contributed by atoms with Crippen LogP contribution in [0.2, 0.25) is 0 Å². The summed E-state index contributed by atoms with van der Waals surface area (Å²) in [5.41, 5.74) is 1.51. The SMILES string of the molecule is CCCNc1nc2nc(-c3noc(=O)[nH]3)nc(N[C@H](C)C3CCC3)c2n1C[C@H]1CC[C@H](C)CC1. The van der Waals surface area contributed by atoms with Gasteiger partial charge in [-0.05, 0) is 56.8 Å². The Bertz CT molecular complexity index is 1170. The van der Waals surface area contributed by atoms with Crippen LogP contribution in [0.25, 0.3) is 22.8 Å². The van der Waals surface area contributed by atoms with E-state index in [1.807, 2.05) is 0 Å². The number of fused-ring (bicyclic) bond motifs is 1. The zero-order chi connectivity index (χ0) is 23.7. The highest BCUT2D eigenvalue weighted by Crippen LogP contribution is 2.35. The molecule has 34 heavy (non-hydrogen) atoms. The van der Waals surface area contributed by atoms with Gasteiger partial charge in [-0.1, -0.05) is 38.3 Å². The number of nitrogens with zero attached hydrogens (tertiary/aromatic N) is 5. The van der Waals surface area contributed by atoms with Crippen LogP contribution in [0.4, 0.5) is 11.8 Å². The van der Waals surface area contributed by atoms with Gasteiger partial charge in [0.15, 0.2) is 11.5 Å². The highest BCUT2D eigenvalue weighted by atomic mass is 16.5. The lowest BCUT2D eigenvalue weighted by Crippen LogP contribution is -2.31. The van der Waals surface area contributed by atoms with Crippen molar-refractivity contribution >= 4 is 22.9 Å². The Balaban J connectivity index is 1.58. The third-order valence-electron chi connectivity index (χ3n) is 7.59. The van der Waals surface area contributed by atoms with Crippen molar-refractivity contribution in [3.05, 3.63) is 10.6 Å². The molecule has 0 amide bonds. The van der Waals surface area contributed by atoms with Crippen molar-refractivity contribution in [2.24, 2.45) is 17.8 Å². The Hall–Kier alpha value is -2.91. The largest absolute Gasteiger partial charge is 0.439 e. The van der Waals surface area contributed by atoms with Crippen LogP contribution >= 0.6 is 0 Å². The molecule has 10 heteroatoms. The Morgan fingerprint density at radius 3 is 2.59 bits per heavy atom. The summed E-state index contributed by atoms with van der Waals surface area (Å²) in [4.78, 5) is 28.5. The highest BCUT2D eigenvalue weighted by molar-refractivity contribution is 5.87. The van der Waals surface area contributed by atoms with Gasteiger partial charge in [-0.25, -0.2) is 14.8 Å². The Labute approximate surface area is 199 Å². The van der Waals surface area contributed by atoms with Crippen LogP contribution in [0.3, 0.4) is 0 Å². The minimum Gasteiger partial charge on any atom is -0.365 e. The molecule has 0 aliphatic heterocycles. The van der Waals surface area contributed by atoms with E-state index < -0.39 is 5.76 Å². The second-order valence-corrected chi connectivity index (χ2v) is 10.2. The Morgan fingerprint density at radius 1 is 1.15 bits per heavy atom. The first-order chi connectivity index (χ1) is 16.5. The smallest absolute Gasteiger partial charge is 0.365 e. The van der Waals surface area contributed by atoms with Gasteiger partial charge >= 0.3 is 5.76 Å². The Kier molecular flexibility index (Phi) is 6.56. The molecule has 0 aromatic carbocycles. The summed E-state index contributed by atoms with van der Waals surface area (Å²) < 4.78 is 6.98. The van der Waals surface area contributed by atoms with Crippen molar-refractivity contribution in [3.63, 3.8) is 0 Å². The maximum Gasteiger partial charge on any atom is 0.439 e. The fraction of sp³-hybridized carbons (Fsp3) is 0.708. The zero-order valence-electron chi connectivity index (χ0n) is 20.4. The molecule has 0 bridgehead atoms. The lowest BCUT2D eigenvalue weighted by atomic mass is 9.80. The van der Waals surface area contributed by atoms with Crippen molar-refractivity contribution in [1.82, 2.24) is 29.7 Å². The van der Waals surface area contributed by atoms with Crippen molar-refractivity contribution in [3.8, 4) is 11.6 Å². The van der Waals surface area contributed by atoms with E-state index in [-0.39, 0.29) is 11.9 Å². The predicted octanol–water partition coefficient (Wildman–Crippen LogP) is 4.42. The van der Waals surface area contributed by atoms with Gasteiger partial charge < -0.3 is 15.2 Å². The summed E-state index contributed by atoms with van der Waals surface area (Å²) >= 11 is 0. The van der Waals surface area contributed by atoms with Gasteiger partial charge in [-0.3, -0.25) is 9.51 Å². The maximum absolute atomic E-state index is 11.6. The molecule has 5 rings (SSSR count). The van der Waals surface area contributed by atoms with Gasteiger partial charge in [0.1, 0.15) is 5.52 Å². The molecule has 3 aromatic rings. The standard InChI is InChI=1S/C24H36N8O2/c1-4-12-25-23-29-20-18(32(23)13-16-10-8-14(2)9-11-16)19(26-15(3)17-6-5-7-17)27-21(28-20)22-30-24(33)34-31-22/h14-17H,4-13H2,1-3H3,(H,30,31,33)(H2,25,26,27,28,29)/t14-,15-,16-/m1/s1. The minimum absolute atomic E-state index is 0.213. The normalized spacial score (nSPS) is 22.0. The molecule has 184 valence electrons. The van der Waals surface area contributed by atoms with E-state index in [9.17, 15) is 4.79 Å². The quantitative estimate of drug-likeness (QED) is 0.421. The third-order valence-corrected chi connectivity index (χ3v) is 7.59. The molecule has 0 saturated heterocycles. The van der Waals surface area contributed by atoms with Crippen molar-refractivity contribution in [1.29, 1.82) is 0 Å². The second-order valence-electron chi connectivity index (χ2n) is 10.2. The van der Waals surface area contributed by atoms with Gasteiger partial charge in [0.25, 0.3) is 0 Å². The van der Waals surface area contributed by atoms with E-state index in [2.05, 4.69) is 51.1 Å². The fourth-order valence-corrected chi connectivity index (χ4v) is 5.16. The first kappa shape index (κ1) is 22.9. The number of rotatable bonds is 9. The first-order valence-corrected chi connectivity index (χ1v) is 12.9. The van der Waals surface area contributed by atoms with E-state index >= 15 is 0 Å². The van der Waals surface area contributed by atoms with Gasteiger partial charge in [-0.2, -0.15) is 4.98 Å². The summed E-state index contributed by atoms with van der Waals surface area (Å²) in [5.74, 6) is 3.51. The average molecular weight is 469 g/mol. The summed E-state index contributed by atoms with van der Waals surface area (Å²) in [7, 11) is 0. The first-order valence-electron chi connectivity index (χ1n) is 12.9. The average Bonchev–Trinajstić information content (AvgIpc) is 3.36. The molecule has 0 unspecified atom stereocenters. The molecule has 2 aliphatic rings. The number of hydrogen-bond donors (Lipinski definition) is 3. The highest BCUT2D eigenvalue weighted by Gasteiger charge is 2.28. The van der Waals surface area contributed by atoms with Crippen molar-refractivity contribution in [2.75, 3.05) is 17.2 Å². The van der Waals surface area contributed by atoms with Crippen LogP contribution in [0, 0.1) is 17.8 Å². The number of H-pyrrole nitrogens is 1.